The molecule has 2 aliphatic rings. The number of piperidine rings is 1. The number of anilines is 1. The van der Waals surface area contributed by atoms with Gasteiger partial charge in [-0.05, 0) is 50.3 Å². The summed E-state index contributed by atoms with van der Waals surface area (Å²) in [7, 11) is -0.440. The van der Waals surface area contributed by atoms with Gasteiger partial charge in [-0.2, -0.15) is 17.0 Å². The van der Waals surface area contributed by atoms with E-state index in [1.165, 1.54) is 16.4 Å². The molecule has 1 unspecified atom stereocenters. The minimum absolute atomic E-state index is 0.247. The number of hydrogen-bond acceptors (Lipinski definition) is 5. The second-order valence-electron chi connectivity index (χ2n) is 8.53. The predicted molar refractivity (Wildman–Crippen MR) is 118 cm³/mol. The first-order chi connectivity index (χ1) is 14.8. The molecule has 1 saturated heterocycles. The lowest BCUT2D eigenvalue weighted by atomic mass is 10.0. The van der Waals surface area contributed by atoms with Crippen LogP contribution in [0.4, 0.5) is 10.2 Å². The Morgan fingerprint density at radius 3 is 2.55 bits per heavy atom. The molecular weight excluding hydrogens is 417 g/mol. The van der Waals surface area contributed by atoms with Crippen molar-refractivity contribution in [2.24, 2.45) is 0 Å². The van der Waals surface area contributed by atoms with E-state index in [2.05, 4.69) is 4.90 Å². The molecule has 0 saturated carbocycles. The van der Waals surface area contributed by atoms with Crippen molar-refractivity contribution in [3.05, 3.63) is 52.7 Å². The zero-order valence-corrected chi connectivity index (χ0v) is 19.2. The molecule has 168 valence electrons. The van der Waals surface area contributed by atoms with E-state index in [0.29, 0.717) is 25.3 Å². The van der Waals surface area contributed by atoms with Gasteiger partial charge < -0.3 is 4.90 Å². The summed E-state index contributed by atoms with van der Waals surface area (Å²) in [5.74, 6) is 1.21. The highest BCUT2D eigenvalue weighted by Gasteiger charge is 2.37. The van der Waals surface area contributed by atoms with E-state index in [1.807, 2.05) is 6.92 Å². The van der Waals surface area contributed by atoms with Crippen LogP contribution in [0, 0.1) is 12.7 Å². The van der Waals surface area contributed by atoms with Crippen molar-refractivity contribution in [2.75, 3.05) is 32.1 Å². The normalized spacial score (nSPS) is 20.2. The predicted octanol–water partition coefficient (Wildman–Crippen LogP) is 3.21. The summed E-state index contributed by atoms with van der Waals surface area (Å²) in [6, 6.07) is 6.18. The Hall–Kier alpha value is -2.10. The van der Waals surface area contributed by atoms with Crippen LogP contribution < -0.4 is 4.90 Å². The van der Waals surface area contributed by atoms with Gasteiger partial charge >= 0.3 is 0 Å². The van der Waals surface area contributed by atoms with Crippen LogP contribution in [0.1, 0.15) is 54.4 Å². The zero-order chi connectivity index (χ0) is 22.2. The van der Waals surface area contributed by atoms with E-state index in [-0.39, 0.29) is 11.9 Å². The molecule has 0 radical (unpaired) electrons. The second kappa shape index (κ2) is 8.80. The second-order valence-corrected chi connectivity index (χ2v) is 10.6. The maximum atomic E-state index is 13.3. The zero-order valence-electron chi connectivity index (χ0n) is 18.4. The molecule has 2 aromatic rings. The Morgan fingerprint density at radius 2 is 1.84 bits per heavy atom. The lowest BCUT2D eigenvalue weighted by molar-refractivity contribution is 0.234. The molecule has 7 nitrogen and oxygen atoms in total. The summed E-state index contributed by atoms with van der Waals surface area (Å²) in [6.07, 6.45) is 4.41. The summed E-state index contributed by atoms with van der Waals surface area (Å²) in [5.41, 5.74) is 3.05. The summed E-state index contributed by atoms with van der Waals surface area (Å²) in [6.45, 7) is 3.95. The Labute approximate surface area is 184 Å². The molecule has 0 N–H and O–H groups in total. The molecule has 1 fully saturated rings. The van der Waals surface area contributed by atoms with Crippen LogP contribution in [0.15, 0.2) is 24.3 Å². The SMILES string of the molecule is Cc1nc(C2CCCCN2S(=O)(=O)N(C)C)nc2c1CCCN2Cc1ccc(F)cc1. The number of fused-ring (bicyclic) bond motifs is 1. The Morgan fingerprint density at radius 1 is 1.10 bits per heavy atom. The van der Waals surface area contributed by atoms with Crippen molar-refractivity contribution in [1.82, 2.24) is 18.6 Å². The summed E-state index contributed by atoms with van der Waals surface area (Å²) < 4.78 is 42.0. The standard InChI is InChI=1S/C22H30FN5O2S/c1-16-19-7-6-13-27(15-17-9-11-18(23)12-10-17)22(19)25-21(24-16)20-8-4-5-14-28(20)31(29,30)26(2)3/h9-12,20H,4-8,13-15H2,1-3H3. The maximum Gasteiger partial charge on any atom is 0.282 e. The Balaban J connectivity index is 1.70. The quantitative estimate of drug-likeness (QED) is 0.704. The van der Waals surface area contributed by atoms with Crippen LogP contribution >= 0.6 is 0 Å². The topological polar surface area (TPSA) is 69.6 Å². The van der Waals surface area contributed by atoms with Crippen LogP contribution in [0.5, 0.6) is 0 Å². The fraction of sp³-hybridized carbons (Fsp3) is 0.545. The van der Waals surface area contributed by atoms with Gasteiger partial charge in [-0.25, -0.2) is 14.4 Å². The molecule has 0 bridgehead atoms. The van der Waals surface area contributed by atoms with Gasteiger partial charge in [0.1, 0.15) is 17.5 Å². The minimum Gasteiger partial charge on any atom is -0.352 e. The summed E-state index contributed by atoms with van der Waals surface area (Å²) >= 11 is 0. The Kier molecular flexibility index (Phi) is 6.27. The number of aromatic nitrogens is 2. The third-order valence-corrected chi connectivity index (χ3v) is 8.11. The van der Waals surface area contributed by atoms with E-state index >= 15 is 0 Å². The number of rotatable bonds is 5. The van der Waals surface area contributed by atoms with Crippen LogP contribution in [0.2, 0.25) is 0 Å². The molecule has 1 aromatic carbocycles. The molecule has 0 aliphatic carbocycles. The summed E-state index contributed by atoms with van der Waals surface area (Å²) in [5, 5.41) is 0. The molecule has 4 rings (SSSR count). The van der Waals surface area contributed by atoms with Crippen LogP contribution in [0.3, 0.4) is 0 Å². The molecule has 0 spiro atoms. The van der Waals surface area contributed by atoms with E-state index in [9.17, 15) is 12.8 Å². The van der Waals surface area contributed by atoms with E-state index < -0.39 is 10.2 Å². The maximum absolute atomic E-state index is 13.3. The monoisotopic (exact) mass is 447 g/mol. The van der Waals surface area contributed by atoms with Gasteiger partial charge in [-0.3, -0.25) is 0 Å². The van der Waals surface area contributed by atoms with Crippen LogP contribution in [-0.4, -0.2) is 54.2 Å². The van der Waals surface area contributed by atoms with Crippen LogP contribution in [0.25, 0.3) is 0 Å². The van der Waals surface area contributed by atoms with Gasteiger partial charge in [0.2, 0.25) is 0 Å². The number of aryl methyl sites for hydroxylation is 1. The molecule has 3 heterocycles. The van der Waals surface area contributed by atoms with E-state index in [4.69, 9.17) is 9.97 Å². The fourth-order valence-electron chi connectivity index (χ4n) is 4.47. The minimum atomic E-state index is -3.56. The van der Waals surface area contributed by atoms with Crippen LogP contribution in [-0.2, 0) is 23.2 Å². The third kappa shape index (κ3) is 4.44. The number of nitrogens with zero attached hydrogens (tertiary/aromatic N) is 5. The summed E-state index contributed by atoms with van der Waals surface area (Å²) in [4.78, 5) is 11.9. The number of hydrogen-bond donors (Lipinski definition) is 0. The molecule has 0 amide bonds. The average Bonchev–Trinajstić information content (AvgIpc) is 2.75. The van der Waals surface area contributed by atoms with E-state index in [0.717, 1.165) is 54.9 Å². The fourth-order valence-corrected chi connectivity index (χ4v) is 5.77. The first kappa shape index (κ1) is 22.1. The van der Waals surface area contributed by atoms with Crippen molar-refractivity contribution in [2.45, 2.75) is 51.6 Å². The van der Waals surface area contributed by atoms with Gasteiger partial charge in [0.15, 0.2) is 0 Å². The van der Waals surface area contributed by atoms with Crippen molar-refractivity contribution < 1.29 is 12.8 Å². The van der Waals surface area contributed by atoms with Crippen molar-refractivity contribution in [1.29, 1.82) is 0 Å². The largest absolute Gasteiger partial charge is 0.352 e. The molecule has 2 aliphatic heterocycles. The highest BCUT2D eigenvalue weighted by atomic mass is 32.2. The lowest BCUT2D eigenvalue weighted by Crippen LogP contribution is -2.45. The molecular formula is C22H30FN5O2S. The van der Waals surface area contributed by atoms with Crippen molar-refractivity contribution in [3.8, 4) is 0 Å². The molecule has 9 heteroatoms. The van der Waals surface area contributed by atoms with Gasteiger partial charge in [0.25, 0.3) is 10.2 Å². The average molecular weight is 448 g/mol. The van der Waals surface area contributed by atoms with Gasteiger partial charge in [0.05, 0.1) is 6.04 Å². The van der Waals surface area contributed by atoms with Crippen molar-refractivity contribution >= 4 is 16.0 Å². The molecule has 31 heavy (non-hydrogen) atoms. The highest BCUT2D eigenvalue weighted by Crippen LogP contribution is 2.35. The highest BCUT2D eigenvalue weighted by molar-refractivity contribution is 7.86. The van der Waals surface area contributed by atoms with Gasteiger partial charge in [0, 0.05) is 45.0 Å². The number of halogens is 1. The first-order valence-electron chi connectivity index (χ1n) is 10.8. The lowest BCUT2D eigenvalue weighted by Gasteiger charge is -2.37. The van der Waals surface area contributed by atoms with Gasteiger partial charge in [-0.15, -0.1) is 0 Å². The first-order valence-corrected chi connectivity index (χ1v) is 12.2. The Bertz CT molecular complexity index is 1040. The smallest absolute Gasteiger partial charge is 0.282 e. The molecule has 1 aromatic heterocycles. The van der Waals surface area contributed by atoms with E-state index in [1.54, 1.807) is 30.5 Å². The van der Waals surface area contributed by atoms with Gasteiger partial charge in [-0.1, -0.05) is 18.6 Å². The van der Waals surface area contributed by atoms with Crippen molar-refractivity contribution in [3.63, 3.8) is 0 Å². The molecule has 1 atom stereocenters. The third-order valence-electron chi connectivity index (χ3n) is 6.16. The number of benzene rings is 1.